The van der Waals surface area contributed by atoms with Gasteiger partial charge in [-0.15, -0.1) is 0 Å². The molecule has 1 aliphatic heterocycles. The standard InChI is InChI=1S/C17H10F3N3O5/c18-17(19,20)10-3-6-14(13(8-10)23(26)27)28-11-4-1-9(2-5-11)7-12-15(24)22-16(25)21-12/h1-8H,(H2,21,22,24,25). The molecule has 0 bridgehead atoms. The highest BCUT2D eigenvalue weighted by Crippen LogP contribution is 2.37. The lowest BCUT2D eigenvalue weighted by atomic mass is 10.1. The van der Waals surface area contributed by atoms with Gasteiger partial charge in [0.05, 0.1) is 10.5 Å². The minimum Gasteiger partial charge on any atom is -0.450 e. The first-order valence-electron chi connectivity index (χ1n) is 7.61. The summed E-state index contributed by atoms with van der Waals surface area (Å²) >= 11 is 0. The van der Waals surface area contributed by atoms with Crippen LogP contribution >= 0.6 is 0 Å². The smallest absolute Gasteiger partial charge is 0.416 e. The second kappa shape index (κ2) is 7.02. The zero-order valence-electron chi connectivity index (χ0n) is 13.7. The van der Waals surface area contributed by atoms with Crippen molar-refractivity contribution < 1.29 is 32.4 Å². The third-order valence-corrected chi connectivity index (χ3v) is 3.62. The summed E-state index contributed by atoms with van der Waals surface area (Å²) in [4.78, 5) is 32.6. The van der Waals surface area contributed by atoms with Crippen molar-refractivity contribution in [3.63, 3.8) is 0 Å². The Morgan fingerprint density at radius 2 is 1.71 bits per heavy atom. The Morgan fingerprint density at radius 3 is 2.25 bits per heavy atom. The number of rotatable bonds is 4. The molecule has 0 unspecified atom stereocenters. The summed E-state index contributed by atoms with van der Waals surface area (Å²) in [6, 6.07) is 7.11. The second-order valence-corrected chi connectivity index (χ2v) is 5.57. The number of hydrogen-bond donors (Lipinski definition) is 2. The number of hydrogen-bond acceptors (Lipinski definition) is 5. The van der Waals surface area contributed by atoms with Gasteiger partial charge in [-0.2, -0.15) is 13.2 Å². The Kier molecular flexibility index (Phi) is 4.74. The molecule has 1 aliphatic rings. The fourth-order valence-corrected chi connectivity index (χ4v) is 2.33. The number of nitro benzene ring substituents is 1. The largest absolute Gasteiger partial charge is 0.450 e. The number of alkyl halides is 3. The van der Waals surface area contributed by atoms with Gasteiger partial charge in [0.1, 0.15) is 11.4 Å². The Hall–Kier alpha value is -3.89. The SMILES string of the molecule is O=C1NC(=O)C(=Cc2ccc(Oc3ccc(C(F)(F)F)cc3[N+](=O)[O-])cc2)N1. The summed E-state index contributed by atoms with van der Waals surface area (Å²) in [7, 11) is 0. The first-order chi connectivity index (χ1) is 13.1. The van der Waals surface area contributed by atoms with E-state index in [-0.39, 0.29) is 17.2 Å². The highest BCUT2D eigenvalue weighted by Gasteiger charge is 2.33. The van der Waals surface area contributed by atoms with Crippen molar-refractivity contribution in [2.45, 2.75) is 6.18 Å². The number of benzene rings is 2. The highest BCUT2D eigenvalue weighted by atomic mass is 19.4. The molecule has 0 radical (unpaired) electrons. The molecule has 1 saturated heterocycles. The molecule has 28 heavy (non-hydrogen) atoms. The fraction of sp³-hybridized carbons (Fsp3) is 0.0588. The van der Waals surface area contributed by atoms with E-state index in [1.54, 1.807) is 0 Å². The first-order valence-corrected chi connectivity index (χ1v) is 7.61. The molecule has 0 aliphatic carbocycles. The van der Waals surface area contributed by atoms with E-state index in [0.717, 1.165) is 6.07 Å². The number of ether oxygens (including phenoxy) is 1. The number of urea groups is 1. The van der Waals surface area contributed by atoms with E-state index in [2.05, 4.69) is 5.32 Å². The summed E-state index contributed by atoms with van der Waals surface area (Å²) < 4.78 is 43.5. The van der Waals surface area contributed by atoms with Crippen molar-refractivity contribution in [1.82, 2.24) is 10.6 Å². The van der Waals surface area contributed by atoms with Gasteiger partial charge in [0.15, 0.2) is 0 Å². The van der Waals surface area contributed by atoms with Crippen LogP contribution in [0.15, 0.2) is 48.2 Å². The third kappa shape index (κ3) is 4.09. The van der Waals surface area contributed by atoms with Crippen LogP contribution in [0.25, 0.3) is 6.08 Å². The van der Waals surface area contributed by atoms with E-state index in [0.29, 0.717) is 17.7 Å². The Morgan fingerprint density at radius 1 is 1.04 bits per heavy atom. The lowest BCUT2D eigenvalue weighted by Gasteiger charge is -2.10. The molecule has 3 amide bonds. The zero-order valence-corrected chi connectivity index (χ0v) is 13.7. The van der Waals surface area contributed by atoms with Crippen LogP contribution in [0.3, 0.4) is 0 Å². The minimum atomic E-state index is -4.72. The van der Waals surface area contributed by atoms with Crippen LogP contribution in [0.5, 0.6) is 11.5 Å². The van der Waals surface area contributed by atoms with Gasteiger partial charge in [-0.3, -0.25) is 20.2 Å². The number of nitro groups is 1. The van der Waals surface area contributed by atoms with Gasteiger partial charge in [-0.25, -0.2) is 4.79 Å². The van der Waals surface area contributed by atoms with E-state index in [9.17, 15) is 32.9 Å². The summed E-state index contributed by atoms with van der Waals surface area (Å²) in [6.45, 7) is 0. The Labute approximate surface area is 154 Å². The average molecular weight is 393 g/mol. The molecule has 2 N–H and O–H groups in total. The topological polar surface area (TPSA) is 111 Å². The Bertz CT molecular complexity index is 1000. The van der Waals surface area contributed by atoms with Gasteiger partial charge in [0.2, 0.25) is 5.75 Å². The molecule has 0 saturated carbocycles. The zero-order chi connectivity index (χ0) is 20.5. The van der Waals surface area contributed by atoms with Gasteiger partial charge < -0.3 is 10.1 Å². The number of halogens is 3. The predicted molar refractivity (Wildman–Crippen MR) is 89.3 cm³/mol. The molecular weight excluding hydrogens is 383 g/mol. The average Bonchev–Trinajstić information content (AvgIpc) is 2.93. The van der Waals surface area contributed by atoms with E-state index in [1.165, 1.54) is 30.3 Å². The number of nitrogens with one attached hydrogen (secondary N) is 2. The lowest BCUT2D eigenvalue weighted by molar-refractivity contribution is -0.385. The second-order valence-electron chi connectivity index (χ2n) is 5.57. The number of carbonyl (C=O) groups is 2. The lowest BCUT2D eigenvalue weighted by Crippen LogP contribution is -2.22. The number of amides is 3. The van der Waals surface area contributed by atoms with Crippen LogP contribution in [0.2, 0.25) is 0 Å². The van der Waals surface area contributed by atoms with Crippen molar-refractivity contribution >= 4 is 23.7 Å². The van der Waals surface area contributed by atoms with Gasteiger partial charge in [-0.1, -0.05) is 12.1 Å². The normalized spacial score (nSPS) is 15.3. The summed E-state index contributed by atoms with van der Waals surface area (Å²) in [6.07, 6.45) is -3.33. The van der Waals surface area contributed by atoms with Crippen molar-refractivity contribution in [3.8, 4) is 11.5 Å². The number of nitrogens with zero attached hydrogens (tertiary/aromatic N) is 1. The van der Waals surface area contributed by atoms with E-state index in [4.69, 9.17) is 4.74 Å². The van der Waals surface area contributed by atoms with Crippen molar-refractivity contribution in [3.05, 3.63) is 69.4 Å². The van der Waals surface area contributed by atoms with Crippen LogP contribution in [0.1, 0.15) is 11.1 Å². The van der Waals surface area contributed by atoms with Gasteiger partial charge in [0, 0.05) is 6.07 Å². The van der Waals surface area contributed by atoms with Crippen LogP contribution in [-0.4, -0.2) is 16.9 Å². The van der Waals surface area contributed by atoms with E-state index < -0.39 is 34.3 Å². The molecule has 144 valence electrons. The van der Waals surface area contributed by atoms with E-state index in [1.807, 2.05) is 5.32 Å². The minimum absolute atomic E-state index is 0.0389. The summed E-state index contributed by atoms with van der Waals surface area (Å²) in [5.41, 5.74) is -1.43. The monoisotopic (exact) mass is 393 g/mol. The maximum absolute atomic E-state index is 12.7. The molecule has 11 heteroatoms. The Balaban J connectivity index is 1.83. The van der Waals surface area contributed by atoms with Crippen LogP contribution in [-0.2, 0) is 11.0 Å². The molecule has 0 aromatic heterocycles. The van der Waals surface area contributed by atoms with E-state index >= 15 is 0 Å². The molecule has 3 rings (SSSR count). The van der Waals surface area contributed by atoms with Gasteiger partial charge >= 0.3 is 17.9 Å². The first kappa shape index (κ1) is 18.9. The molecule has 0 spiro atoms. The summed E-state index contributed by atoms with van der Waals surface area (Å²) in [5.74, 6) is -0.817. The van der Waals surface area contributed by atoms with Crippen LogP contribution in [0.4, 0.5) is 23.7 Å². The maximum atomic E-state index is 12.7. The molecule has 0 atom stereocenters. The van der Waals surface area contributed by atoms with Crippen LogP contribution < -0.4 is 15.4 Å². The quantitative estimate of drug-likeness (QED) is 0.357. The number of carbonyl (C=O) groups excluding carboxylic acids is 2. The number of imide groups is 1. The molecule has 2 aromatic rings. The molecule has 1 fully saturated rings. The van der Waals surface area contributed by atoms with Gasteiger partial charge in [0.25, 0.3) is 5.91 Å². The fourth-order valence-electron chi connectivity index (χ4n) is 2.33. The molecule has 8 nitrogen and oxygen atoms in total. The van der Waals surface area contributed by atoms with Crippen molar-refractivity contribution in [2.75, 3.05) is 0 Å². The molecular formula is C17H10F3N3O5. The van der Waals surface area contributed by atoms with Gasteiger partial charge in [-0.05, 0) is 35.9 Å². The highest BCUT2D eigenvalue weighted by molar-refractivity contribution is 6.13. The van der Waals surface area contributed by atoms with Crippen LogP contribution in [0, 0.1) is 10.1 Å². The predicted octanol–water partition coefficient (Wildman–Crippen LogP) is 3.59. The molecule has 1 heterocycles. The maximum Gasteiger partial charge on any atom is 0.416 e. The molecule has 2 aromatic carbocycles. The summed E-state index contributed by atoms with van der Waals surface area (Å²) in [5, 5.41) is 15.4. The third-order valence-electron chi connectivity index (χ3n) is 3.62. The van der Waals surface area contributed by atoms with Crippen molar-refractivity contribution in [2.24, 2.45) is 0 Å². The van der Waals surface area contributed by atoms with Crippen molar-refractivity contribution in [1.29, 1.82) is 0 Å².